The third-order valence-electron chi connectivity index (χ3n) is 4.37. The standard InChI is InChI=1S/C23H29N3O5/c1-4-30-13-14-31-20-8-6-5-7-18(20)23(29)26-25-22(28)12-11-21(27)24-19-10-9-16(2)15-17(19)3/h5-10,15H,4,11-14H2,1-3H3,(H,24,27)(H,25,28)(H,26,29). The minimum Gasteiger partial charge on any atom is -0.490 e. The molecule has 3 amide bonds. The van der Waals surface area contributed by atoms with Crippen LogP contribution in [0.1, 0.15) is 41.3 Å². The first-order valence-electron chi connectivity index (χ1n) is 10.2. The van der Waals surface area contributed by atoms with Crippen LogP contribution in [-0.4, -0.2) is 37.5 Å². The van der Waals surface area contributed by atoms with E-state index >= 15 is 0 Å². The highest BCUT2D eigenvalue weighted by atomic mass is 16.5. The Morgan fingerprint density at radius 2 is 1.65 bits per heavy atom. The summed E-state index contributed by atoms with van der Waals surface area (Å²) in [6.07, 6.45) is -0.0737. The molecule has 3 N–H and O–H groups in total. The van der Waals surface area contributed by atoms with Gasteiger partial charge in [-0.15, -0.1) is 0 Å². The Kier molecular flexibility index (Phi) is 9.51. The van der Waals surface area contributed by atoms with E-state index in [0.29, 0.717) is 31.3 Å². The van der Waals surface area contributed by atoms with Gasteiger partial charge in [-0.2, -0.15) is 0 Å². The maximum Gasteiger partial charge on any atom is 0.273 e. The summed E-state index contributed by atoms with van der Waals surface area (Å²) in [6, 6.07) is 12.4. The molecule has 0 spiro atoms. The van der Waals surface area contributed by atoms with Gasteiger partial charge < -0.3 is 14.8 Å². The third kappa shape index (κ3) is 8.10. The lowest BCUT2D eigenvalue weighted by molar-refractivity contribution is -0.124. The Balaban J connectivity index is 1.78. The van der Waals surface area contributed by atoms with E-state index < -0.39 is 11.8 Å². The second-order valence-electron chi connectivity index (χ2n) is 6.91. The zero-order valence-electron chi connectivity index (χ0n) is 18.1. The zero-order chi connectivity index (χ0) is 22.6. The van der Waals surface area contributed by atoms with E-state index in [-0.39, 0.29) is 24.3 Å². The first-order valence-corrected chi connectivity index (χ1v) is 10.2. The Labute approximate surface area is 182 Å². The van der Waals surface area contributed by atoms with Gasteiger partial charge in [0.2, 0.25) is 11.8 Å². The molecule has 0 aliphatic rings. The molecule has 0 atom stereocenters. The molecule has 0 heterocycles. The molecule has 2 aromatic rings. The molecule has 8 nitrogen and oxygen atoms in total. The van der Waals surface area contributed by atoms with Crippen molar-refractivity contribution >= 4 is 23.4 Å². The van der Waals surface area contributed by atoms with E-state index in [1.165, 1.54) is 0 Å². The summed E-state index contributed by atoms with van der Waals surface area (Å²) < 4.78 is 10.8. The first kappa shape index (κ1) is 23.9. The Morgan fingerprint density at radius 1 is 0.903 bits per heavy atom. The van der Waals surface area contributed by atoms with Crippen LogP contribution >= 0.6 is 0 Å². The second kappa shape index (κ2) is 12.3. The second-order valence-corrected chi connectivity index (χ2v) is 6.91. The summed E-state index contributed by atoms with van der Waals surface area (Å²) in [4.78, 5) is 36.5. The number of amides is 3. The largest absolute Gasteiger partial charge is 0.490 e. The molecule has 2 rings (SSSR count). The van der Waals surface area contributed by atoms with Gasteiger partial charge in [-0.25, -0.2) is 0 Å². The van der Waals surface area contributed by atoms with E-state index in [9.17, 15) is 14.4 Å². The van der Waals surface area contributed by atoms with Crippen LogP contribution in [0.4, 0.5) is 5.69 Å². The smallest absolute Gasteiger partial charge is 0.273 e. The van der Waals surface area contributed by atoms with E-state index in [1.807, 2.05) is 39.0 Å². The van der Waals surface area contributed by atoms with Gasteiger partial charge in [0.05, 0.1) is 12.2 Å². The van der Waals surface area contributed by atoms with Crippen molar-refractivity contribution in [3.63, 3.8) is 0 Å². The molecular formula is C23H29N3O5. The van der Waals surface area contributed by atoms with Crippen LogP contribution < -0.4 is 20.9 Å². The van der Waals surface area contributed by atoms with Crippen molar-refractivity contribution in [2.45, 2.75) is 33.6 Å². The number of carbonyl (C=O) groups is 3. The fourth-order valence-electron chi connectivity index (χ4n) is 2.78. The maximum absolute atomic E-state index is 12.4. The van der Waals surface area contributed by atoms with Gasteiger partial charge in [-0.05, 0) is 44.5 Å². The van der Waals surface area contributed by atoms with Crippen molar-refractivity contribution in [1.29, 1.82) is 0 Å². The molecule has 0 aliphatic carbocycles. The molecule has 166 valence electrons. The molecule has 0 aromatic heterocycles. The van der Waals surface area contributed by atoms with Crippen LogP contribution in [-0.2, 0) is 14.3 Å². The predicted molar refractivity (Wildman–Crippen MR) is 118 cm³/mol. The normalized spacial score (nSPS) is 10.3. The van der Waals surface area contributed by atoms with Crippen LogP contribution in [0.15, 0.2) is 42.5 Å². The number of rotatable bonds is 10. The average Bonchev–Trinajstić information content (AvgIpc) is 2.76. The average molecular weight is 428 g/mol. The molecule has 0 bridgehead atoms. The Morgan fingerprint density at radius 3 is 2.39 bits per heavy atom. The topological polar surface area (TPSA) is 106 Å². The number of carbonyl (C=O) groups excluding carboxylic acids is 3. The summed E-state index contributed by atoms with van der Waals surface area (Å²) in [5.74, 6) is -0.873. The number of hydrazine groups is 1. The number of anilines is 1. The van der Waals surface area contributed by atoms with Gasteiger partial charge in [-0.3, -0.25) is 25.2 Å². The lowest BCUT2D eigenvalue weighted by atomic mass is 10.1. The van der Waals surface area contributed by atoms with Crippen molar-refractivity contribution in [2.75, 3.05) is 25.1 Å². The zero-order valence-corrected chi connectivity index (χ0v) is 18.1. The number of hydrogen-bond acceptors (Lipinski definition) is 5. The molecule has 0 fully saturated rings. The quantitative estimate of drug-likeness (QED) is 0.399. The van der Waals surface area contributed by atoms with Gasteiger partial charge in [0.1, 0.15) is 12.4 Å². The lowest BCUT2D eigenvalue weighted by Gasteiger charge is -2.12. The van der Waals surface area contributed by atoms with E-state index in [0.717, 1.165) is 11.1 Å². The van der Waals surface area contributed by atoms with E-state index in [1.54, 1.807) is 24.3 Å². The summed E-state index contributed by atoms with van der Waals surface area (Å²) >= 11 is 0. The number of aryl methyl sites for hydroxylation is 2. The fraction of sp³-hybridized carbons (Fsp3) is 0.348. The summed E-state index contributed by atoms with van der Waals surface area (Å²) in [5.41, 5.74) is 7.72. The maximum atomic E-state index is 12.4. The van der Waals surface area contributed by atoms with E-state index in [4.69, 9.17) is 9.47 Å². The van der Waals surface area contributed by atoms with Crippen molar-refractivity contribution in [3.8, 4) is 5.75 Å². The SMILES string of the molecule is CCOCCOc1ccccc1C(=O)NNC(=O)CCC(=O)Nc1ccc(C)cc1C. The van der Waals surface area contributed by atoms with Crippen molar-refractivity contribution < 1.29 is 23.9 Å². The lowest BCUT2D eigenvalue weighted by Crippen LogP contribution is -2.42. The minimum absolute atomic E-state index is 0.00779. The number of benzene rings is 2. The number of para-hydroxylation sites is 1. The van der Waals surface area contributed by atoms with Crippen LogP contribution in [0.25, 0.3) is 0 Å². The third-order valence-corrected chi connectivity index (χ3v) is 4.37. The monoisotopic (exact) mass is 427 g/mol. The molecule has 8 heteroatoms. The molecular weight excluding hydrogens is 398 g/mol. The van der Waals surface area contributed by atoms with Gasteiger partial charge in [0.25, 0.3) is 5.91 Å². The molecule has 31 heavy (non-hydrogen) atoms. The van der Waals surface area contributed by atoms with Gasteiger partial charge in [0.15, 0.2) is 0 Å². The van der Waals surface area contributed by atoms with Crippen molar-refractivity contribution in [3.05, 3.63) is 59.2 Å². The highest BCUT2D eigenvalue weighted by Crippen LogP contribution is 2.18. The van der Waals surface area contributed by atoms with Crippen molar-refractivity contribution in [1.82, 2.24) is 10.9 Å². The van der Waals surface area contributed by atoms with E-state index in [2.05, 4.69) is 16.2 Å². The van der Waals surface area contributed by atoms with Gasteiger partial charge in [0, 0.05) is 25.1 Å². The van der Waals surface area contributed by atoms with Crippen LogP contribution in [0, 0.1) is 13.8 Å². The summed E-state index contributed by atoms with van der Waals surface area (Å²) in [6.45, 7) is 7.07. The molecule has 2 aromatic carbocycles. The van der Waals surface area contributed by atoms with Gasteiger partial charge >= 0.3 is 0 Å². The summed E-state index contributed by atoms with van der Waals surface area (Å²) in [7, 11) is 0. The summed E-state index contributed by atoms with van der Waals surface area (Å²) in [5, 5.41) is 2.79. The molecule has 0 saturated carbocycles. The van der Waals surface area contributed by atoms with Crippen LogP contribution in [0.5, 0.6) is 5.75 Å². The number of nitrogens with one attached hydrogen (secondary N) is 3. The minimum atomic E-state index is -0.514. The fourth-order valence-corrected chi connectivity index (χ4v) is 2.78. The first-order chi connectivity index (χ1) is 14.9. The predicted octanol–water partition coefficient (Wildman–Crippen LogP) is 2.90. The Bertz CT molecular complexity index is 914. The molecule has 0 unspecified atom stereocenters. The molecule has 0 radical (unpaired) electrons. The number of hydrogen-bond donors (Lipinski definition) is 3. The number of ether oxygens (including phenoxy) is 2. The van der Waals surface area contributed by atoms with Crippen LogP contribution in [0.3, 0.4) is 0 Å². The highest BCUT2D eigenvalue weighted by Gasteiger charge is 2.14. The van der Waals surface area contributed by atoms with Crippen LogP contribution in [0.2, 0.25) is 0 Å². The highest BCUT2D eigenvalue weighted by molar-refractivity contribution is 5.98. The molecule has 0 saturated heterocycles. The Hall–Kier alpha value is -3.39. The van der Waals surface area contributed by atoms with Crippen molar-refractivity contribution in [2.24, 2.45) is 0 Å². The van der Waals surface area contributed by atoms with Gasteiger partial charge in [-0.1, -0.05) is 29.8 Å². The molecule has 0 aliphatic heterocycles.